The molecule has 3 aliphatic rings. The predicted molar refractivity (Wildman–Crippen MR) is 74.3 cm³/mol. The Bertz CT molecular complexity index is 452. The molecule has 3 rings (SSSR count). The van der Waals surface area contributed by atoms with Gasteiger partial charge in [-0.1, -0.05) is 43.9 Å². The van der Waals surface area contributed by atoms with Gasteiger partial charge >= 0.3 is 0 Å². The van der Waals surface area contributed by atoms with Gasteiger partial charge in [-0.2, -0.15) is 0 Å². The van der Waals surface area contributed by atoms with Gasteiger partial charge in [0.15, 0.2) is 5.78 Å². The first-order chi connectivity index (χ1) is 8.43. The quantitative estimate of drug-likeness (QED) is 0.576. The molecule has 0 radical (unpaired) electrons. The Morgan fingerprint density at radius 3 is 2.78 bits per heavy atom. The highest BCUT2D eigenvalue weighted by Gasteiger charge is 2.52. The molecule has 0 spiro atoms. The minimum Gasteiger partial charge on any atom is -0.294 e. The lowest BCUT2D eigenvalue weighted by Gasteiger charge is -2.42. The SMILES string of the molecule is C/C1=C/C(C)(C)CC2=CC(=O)[C@]3(CCCC[C@@H]23)C1. The van der Waals surface area contributed by atoms with Crippen molar-refractivity contribution in [3.63, 3.8) is 0 Å². The highest BCUT2D eigenvalue weighted by molar-refractivity contribution is 5.99. The fourth-order valence-electron chi connectivity index (χ4n) is 4.75. The summed E-state index contributed by atoms with van der Waals surface area (Å²) in [4.78, 5) is 12.6. The van der Waals surface area contributed by atoms with Gasteiger partial charge in [0.1, 0.15) is 0 Å². The van der Waals surface area contributed by atoms with Crippen molar-refractivity contribution in [2.24, 2.45) is 16.7 Å². The summed E-state index contributed by atoms with van der Waals surface area (Å²) in [6.07, 6.45) is 11.4. The van der Waals surface area contributed by atoms with Crippen LogP contribution >= 0.6 is 0 Å². The summed E-state index contributed by atoms with van der Waals surface area (Å²) in [7, 11) is 0. The van der Waals surface area contributed by atoms with Crippen molar-refractivity contribution >= 4 is 5.78 Å². The molecule has 0 amide bonds. The van der Waals surface area contributed by atoms with Crippen LogP contribution in [0, 0.1) is 16.7 Å². The Balaban J connectivity index is 2.09. The smallest absolute Gasteiger partial charge is 0.162 e. The molecule has 0 unspecified atom stereocenters. The van der Waals surface area contributed by atoms with E-state index in [1.54, 1.807) is 0 Å². The number of hydrogen-bond donors (Lipinski definition) is 0. The zero-order valence-corrected chi connectivity index (χ0v) is 11.9. The molecule has 0 aromatic rings. The molecule has 2 atom stereocenters. The van der Waals surface area contributed by atoms with E-state index in [1.807, 2.05) is 6.08 Å². The lowest BCUT2D eigenvalue weighted by molar-refractivity contribution is -0.126. The average molecular weight is 244 g/mol. The van der Waals surface area contributed by atoms with Gasteiger partial charge in [0.05, 0.1) is 0 Å². The minimum absolute atomic E-state index is 0.0370. The first kappa shape index (κ1) is 12.2. The van der Waals surface area contributed by atoms with E-state index in [9.17, 15) is 4.79 Å². The van der Waals surface area contributed by atoms with Gasteiger partial charge in [-0.25, -0.2) is 0 Å². The lowest BCUT2D eigenvalue weighted by Crippen LogP contribution is -2.38. The first-order valence-electron chi connectivity index (χ1n) is 7.36. The molecule has 0 N–H and O–H groups in total. The number of carbonyl (C=O) groups is 1. The number of rotatable bonds is 0. The van der Waals surface area contributed by atoms with Gasteiger partial charge in [0, 0.05) is 5.41 Å². The van der Waals surface area contributed by atoms with Crippen LogP contribution in [-0.2, 0) is 4.79 Å². The van der Waals surface area contributed by atoms with E-state index in [4.69, 9.17) is 0 Å². The summed E-state index contributed by atoms with van der Waals surface area (Å²) in [6, 6.07) is 0. The monoisotopic (exact) mass is 244 g/mol. The molecule has 0 aromatic carbocycles. The molecule has 1 fully saturated rings. The van der Waals surface area contributed by atoms with E-state index in [0.29, 0.717) is 11.7 Å². The van der Waals surface area contributed by atoms with E-state index in [0.717, 1.165) is 19.3 Å². The summed E-state index contributed by atoms with van der Waals surface area (Å²) in [6.45, 7) is 6.82. The highest BCUT2D eigenvalue weighted by atomic mass is 16.1. The maximum absolute atomic E-state index is 12.6. The van der Waals surface area contributed by atoms with Crippen molar-refractivity contribution in [3.05, 3.63) is 23.3 Å². The normalized spacial score (nSPS) is 41.3. The second-order valence-electron chi connectivity index (χ2n) is 7.37. The third kappa shape index (κ3) is 1.71. The fraction of sp³-hybridized carbons (Fsp3) is 0.706. The summed E-state index contributed by atoms with van der Waals surface area (Å²) < 4.78 is 0. The summed E-state index contributed by atoms with van der Waals surface area (Å²) in [5.41, 5.74) is 3.05. The third-order valence-electron chi connectivity index (χ3n) is 5.18. The second kappa shape index (κ2) is 3.82. The van der Waals surface area contributed by atoms with Gasteiger partial charge in [0.25, 0.3) is 0 Å². The van der Waals surface area contributed by atoms with Gasteiger partial charge in [-0.3, -0.25) is 4.79 Å². The fourth-order valence-corrected chi connectivity index (χ4v) is 4.75. The Labute approximate surface area is 110 Å². The predicted octanol–water partition coefficient (Wildman–Crippen LogP) is 4.44. The molecule has 2 bridgehead atoms. The van der Waals surface area contributed by atoms with Gasteiger partial charge in [-0.05, 0) is 50.0 Å². The van der Waals surface area contributed by atoms with E-state index in [2.05, 4.69) is 26.8 Å². The van der Waals surface area contributed by atoms with Crippen LogP contribution in [-0.4, -0.2) is 5.78 Å². The van der Waals surface area contributed by atoms with Crippen LogP contribution in [0.3, 0.4) is 0 Å². The van der Waals surface area contributed by atoms with Gasteiger partial charge in [-0.15, -0.1) is 0 Å². The molecular weight excluding hydrogens is 220 g/mol. The zero-order valence-electron chi connectivity index (χ0n) is 11.9. The molecule has 3 aliphatic carbocycles. The standard InChI is InChI=1S/C17H24O/c1-12-9-16(2,3)11-13-8-15(18)17(10-12)7-5-4-6-14(13)17/h8-9,14H,4-7,10-11H2,1-3H3/b12-9-/t14-,17+/m0/s1. The number of allylic oxidation sites excluding steroid dienone is 4. The molecule has 18 heavy (non-hydrogen) atoms. The Morgan fingerprint density at radius 1 is 1.22 bits per heavy atom. The van der Waals surface area contributed by atoms with Crippen LogP contribution in [0.1, 0.15) is 59.3 Å². The molecule has 0 aliphatic heterocycles. The van der Waals surface area contributed by atoms with E-state index in [-0.39, 0.29) is 10.8 Å². The van der Waals surface area contributed by atoms with Crippen LogP contribution in [0.5, 0.6) is 0 Å². The number of hydrogen-bond acceptors (Lipinski definition) is 1. The van der Waals surface area contributed by atoms with E-state index in [1.165, 1.54) is 30.4 Å². The van der Waals surface area contributed by atoms with Crippen LogP contribution in [0.2, 0.25) is 0 Å². The van der Waals surface area contributed by atoms with E-state index >= 15 is 0 Å². The van der Waals surface area contributed by atoms with Crippen molar-refractivity contribution in [2.45, 2.75) is 59.3 Å². The Hall–Kier alpha value is -0.850. The molecule has 0 saturated heterocycles. The molecule has 98 valence electrons. The molecule has 0 heterocycles. The maximum Gasteiger partial charge on any atom is 0.162 e. The highest BCUT2D eigenvalue weighted by Crippen LogP contribution is 2.57. The van der Waals surface area contributed by atoms with E-state index < -0.39 is 0 Å². The summed E-state index contributed by atoms with van der Waals surface area (Å²) >= 11 is 0. The molecule has 0 aromatic heterocycles. The van der Waals surface area contributed by atoms with Crippen LogP contribution in [0.25, 0.3) is 0 Å². The van der Waals surface area contributed by atoms with Crippen LogP contribution in [0.4, 0.5) is 0 Å². The Kier molecular flexibility index (Phi) is 2.59. The van der Waals surface area contributed by atoms with Crippen molar-refractivity contribution < 1.29 is 4.79 Å². The number of carbonyl (C=O) groups excluding carboxylic acids is 1. The first-order valence-corrected chi connectivity index (χ1v) is 7.36. The second-order valence-corrected chi connectivity index (χ2v) is 7.37. The zero-order chi connectivity index (χ0) is 13.0. The largest absolute Gasteiger partial charge is 0.294 e. The van der Waals surface area contributed by atoms with Crippen molar-refractivity contribution in [1.29, 1.82) is 0 Å². The van der Waals surface area contributed by atoms with Crippen LogP contribution < -0.4 is 0 Å². The van der Waals surface area contributed by atoms with Crippen molar-refractivity contribution in [3.8, 4) is 0 Å². The minimum atomic E-state index is -0.0370. The average Bonchev–Trinajstić information content (AvgIpc) is 2.50. The topological polar surface area (TPSA) is 17.1 Å². The molecule has 1 saturated carbocycles. The lowest BCUT2D eigenvalue weighted by atomic mass is 9.60. The van der Waals surface area contributed by atoms with Crippen molar-refractivity contribution in [2.75, 3.05) is 0 Å². The van der Waals surface area contributed by atoms with Crippen molar-refractivity contribution in [1.82, 2.24) is 0 Å². The maximum atomic E-state index is 12.6. The molecular formula is C17H24O. The molecule has 1 heteroatoms. The summed E-state index contributed by atoms with van der Waals surface area (Å²) in [5.74, 6) is 0.995. The van der Waals surface area contributed by atoms with Gasteiger partial charge in [0.2, 0.25) is 0 Å². The van der Waals surface area contributed by atoms with Crippen LogP contribution in [0.15, 0.2) is 23.3 Å². The third-order valence-corrected chi connectivity index (χ3v) is 5.18. The Morgan fingerprint density at radius 2 is 2.00 bits per heavy atom. The summed E-state index contributed by atoms with van der Waals surface area (Å²) in [5, 5.41) is 0. The van der Waals surface area contributed by atoms with Gasteiger partial charge < -0.3 is 0 Å². The molecule has 1 nitrogen and oxygen atoms in total. The number of ketones is 1.